The standard InChI is InChI=1S/C16H18N2O2/c1-17-11-12(14-4-2-3-5-15(14)17)10-16(20)18-8-6-13(19)7-9-18/h2-5,11H,6-10H2,1H3. The number of carbonyl (C=O) groups is 2. The van der Waals surface area contributed by atoms with Gasteiger partial charge in [0.1, 0.15) is 5.78 Å². The van der Waals surface area contributed by atoms with Crippen LogP contribution in [0, 0.1) is 0 Å². The summed E-state index contributed by atoms with van der Waals surface area (Å²) in [7, 11) is 2.00. The summed E-state index contributed by atoms with van der Waals surface area (Å²) < 4.78 is 2.05. The Morgan fingerprint density at radius 2 is 1.90 bits per heavy atom. The van der Waals surface area contributed by atoms with Gasteiger partial charge in [0.15, 0.2) is 0 Å². The van der Waals surface area contributed by atoms with Gasteiger partial charge in [-0.15, -0.1) is 0 Å². The summed E-state index contributed by atoms with van der Waals surface area (Å²) in [5.41, 5.74) is 2.20. The van der Waals surface area contributed by atoms with Crippen molar-refractivity contribution < 1.29 is 9.59 Å². The summed E-state index contributed by atoms with van der Waals surface area (Å²) in [5.74, 6) is 0.382. The van der Waals surface area contributed by atoms with Crippen LogP contribution in [0.1, 0.15) is 18.4 Å². The fraction of sp³-hybridized carbons (Fsp3) is 0.375. The van der Waals surface area contributed by atoms with E-state index in [2.05, 4.69) is 16.7 Å². The largest absolute Gasteiger partial charge is 0.350 e. The molecule has 0 bridgehead atoms. The molecule has 1 saturated heterocycles. The first kappa shape index (κ1) is 12.9. The first-order valence-corrected chi connectivity index (χ1v) is 6.97. The van der Waals surface area contributed by atoms with Crippen LogP contribution in [-0.4, -0.2) is 34.2 Å². The number of hydrogen-bond acceptors (Lipinski definition) is 2. The number of amides is 1. The van der Waals surface area contributed by atoms with Gasteiger partial charge in [-0.3, -0.25) is 9.59 Å². The van der Waals surface area contributed by atoms with Crippen LogP contribution in [0.4, 0.5) is 0 Å². The Hall–Kier alpha value is -2.10. The van der Waals surface area contributed by atoms with Gasteiger partial charge in [0.2, 0.25) is 5.91 Å². The van der Waals surface area contributed by atoms with Crippen LogP contribution in [0.3, 0.4) is 0 Å². The van der Waals surface area contributed by atoms with E-state index >= 15 is 0 Å². The van der Waals surface area contributed by atoms with Crippen molar-refractivity contribution in [1.82, 2.24) is 9.47 Å². The molecule has 20 heavy (non-hydrogen) atoms. The Morgan fingerprint density at radius 3 is 2.65 bits per heavy atom. The minimum atomic E-state index is 0.119. The number of rotatable bonds is 2. The summed E-state index contributed by atoms with van der Waals surface area (Å²) in [4.78, 5) is 25.4. The fourth-order valence-electron chi connectivity index (χ4n) is 2.85. The van der Waals surface area contributed by atoms with Gasteiger partial charge in [0, 0.05) is 50.1 Å². The lowest BCUT2D eigenvalue weighted by Crippen LogP contribution is -2.39. The van der Waals surface area contributed by atoms with Crippen molar-refractivity contribution in [3.63, 3.8) is 0 Å². The third kappa shape index (κ3) is 2.33. The molecule has 0 radical (unpaired) electrons. The number of aromatic nitrogens is 1. The van der Waals surface area contributed by atoms with Crippen molar-refractivity contribution in [1.29, 1.82) is 0 Å². The lowest BCUT2D eigenvalue weighted by Gasteiger charge is -2.26. The number of likely N-dealkylation sites (tertiary alicyclic amines) is 1. The molecular formula is C16H18N2O2. The van der Waals surface area contributed by atoms with Crippen LogP contribution in [0.15, 0.2) is 30.5 Å². The Bertz CT molecular complexity index is 662. The predicted octanol–water partition coefficient (Wildman–Crippen LogP) is 1.91. The summed E-state index contributed by atoms with van der Waals surface area (Å²) in [5, 5.41) is 1.14. The molecule has 0 atom stereocenters. The van der Waals surface area contributed by atoms with Crippen molar-refractivity contribution in [2.45, 2.75) is 19.3 Å². The van der Waals surface area contributed by atoms with Crippen molar-refractivity contribution in [2.75, 3.05) is 13.1 Å². The normalized spacial score (nSPS) is 15.8. The highest BCUT2D eigenvalue weighted by Gasteiger charge is 2.21. The smallest absolute Gasteiger partial charge is 0.227 e. The maximum atomic E-state index is 12.3. The molecule has 4 nitrogen and oxygen atoms in total. The molecule has 0 N–H and O–H groups in total. The maximum Gasteiger partial charge on any atom is 0.227 e. The van der Waals surface area contributed by atoms with E-state index < -0.39 is 0 Å². The fourth-order valence-corrected chi connectivity index (χ4v) is 2.85. The topological polar surface area (TPSA) is 42.3 Å². The maximum absolute atomic E-state index is 12.3. The first-order chi connectivity index (χ1) is 9.65. The zero-order valence-corrected chi connectivity index (χ0v) is 11.6. The van der Waals surface area contributed by atoms with E-state index in [4.69, 9.17) is 0 Å². The second-order valence-electron chi connectivity index (χ2n) is 5.38. The molecular weight excluding hydrogens is 252 g/mol. The van der Waals surface area contributed by atoms with Crippen molar-refractivity contribution >= 4 is 22.6 Å². The third-order valence-electron chi connectivity index (χ3n) is 3.99. The Kier molecular flexibility index (Phi) is 3.30. The average molecular weight is 270 g/mol. The van der Waals surface area contributed by atoms with E-state index in [-0.39, 0.29) is 11.7 Å². The number of nitrogens with zero attached hydrogens (tertiary/aromatic N) is 2. The van der Waals surface area contributed by atoms with Crippen LogP contribution >= 0.6 is 0 Å². The minimum Gasteiger partial charge on any atom is -0.350 e. The molecule has 1 fully saturated rings. The summed E-state index contributed by atoms with van der Waals surface area (Å²) >= 11 is 0. The number of carbonyl (C=O) groups excluding carboxylic acids is 2. The molecule has 3 rings (SSSR count). The number of Topliss-reactive ketones (excluding diaryl/α,β-unsaturated/α-hetero) is 1. The highest BCUT2D eigenvalue weighted by molar-refractivity contribution is 5.90. The highest BCUT2D eigenvalue weighted by atomic mass is 16.2. The molecule has 1 aromatic carbocycles. The number of hydrogen-bond donors (Lipinski definition) is 0. The molecule has 0 unspecified atom stereocenters. The van der Waals surface area contributed by atoms with Gasteiger partial charge in [-0.05, 0) is 11.6 Å². The van der Waals surface area contributed by atoms with Gasteiger partial charge < -0.3 is 9.47 Å². The van der Waals surface area contributed by atoms with E-state index in [9.17, 15) is 9.59 Å². The number of fused-ring (bicyclic) bond motifs is 1. The molecule has 0 aliphatic carbocycles. The number of benzene rings is 1. The summed E-state index contributed by atoms with van der Waals surface area (Å²) in [6.45, 7) is 1.14. The minimum absolute atomic E-state index is 0.119. The lowest BCUT2D eigenvalue weighted by molar-refractivity contribution is -0.133. The Balaban J connectivity index is 1.79. The first-order valence-electron chi connectivity index (χ1n) is 6.97. The van der Waals surface area contributed by atoms with Crippen LogP contribution in [0.25, 0.3) is 10.9 Å². The number of aryl methyl sites for hydroxylation is 1. The van der Waals surface area contributed by atoms with Crippen molar-refractivity contribution in [3.05, 3.63) is 36.0 Å². The highest BCUT2D eigenvalue weighted by Crippen LogP contribution is 2.21. The number of piperidine rings is 1. The van der Waals surface area contributed by atoms with E-state index in [1.54, 1.807) is 0 Å². The number of ketones is 1. The van der Waals surface area contributed by atoms with Crippen molar-refractivity contribution in [2.24, 2.45) is 7.05 Å². The average Bonchev–Trinajstić information content (AvgIpc) is 2.77. The van der Waals surface area contributed by atoms with Gasteiger partial charge in [0.25, 0.3) is 0 Å². The predicted molar refractivity (Wildman–Crippen MR) is 77.4 cm³/mol. The van der Waals surface area contributed by atoms with Crippen LogP contribution in [0.5, 0.6) is 0 Å². The molecule has 0 saturated carbocycles. The Labute approximate surface area is 118 Å². The molecule has 2 aromatic rings. The van der Waals surface area contributed by atoms with Gasteiger partial charge in [-0.2, -0.15) is 0 Å². The molecule has 0 spiro atoms. The van der Waals surface area contributed by atoms with Crippen LogP contribution in [-0.2, 0) is 23.1 Å². The lowest BCUT2D eigenvalue weighted by atomic mass is 10.1. The molecule has 1 amide bonds. The van der Waals surface area contributed by atoms with E-state index in [0.717, 1.165) is 16.5 Å². The molecule has 1 aliphatic heterocycles. The van der Waals surface area contributed by atoms with Crippen LogP contribution < -0.4 is 0 Å². The second kappa shape index (κ2) is 5.12. The van der Waals surface area contributed by atoms with Crippen LogP contribution in [0.2, 0.25) is 0 Å². The molecule has 1 aromatic heterocycles. The van der Waals surface area contributed by atoms with E-state index in [1.165, 1.54) is 0 Å². The second-order valence-corrected chi connectivity index (χ2v) is 5.38. The van der Waals surface area contributed by atoms with Gasteiger partial charge in [0.05, 0.1) is 6.42 Å². The van der Waals surface area contributed by atoms with Crippen molar-refractivity contribution in [3.8, 4) is 0 Å². The van der Waals surface area contributed by atoms with Gasteiger partial charge in [-0.1, -0.05) is 18.2 Å². The quantitative estimate of drug-likeness (QED) is 0.836. The Morgan fingerprint density at radius 1 is 1.20 bits per heavy atom. The van der Waals surface area contributed by atoms with E-state index in [1.807, 2.05) is 30.3 Å². The number of para-hydroxylation sites is 1. The monoisotopic (exact) mass is 270 g/mol. The van der Waals surface area contributed by atoms with E-state index in [0.29, 0.717) is 32.4 Å². The summed E-state index contributed by atoms with van der Waals surface area (Å²) in [6, 6.07) is 8.11. The SMILES string of the molecule is Cn1cc(CC(=O)N2CCC(=O)CC2)c2ccccc21. The molecule has 2 heterocycles. The van der Waals surface area contributed by atoms with Gasteiger partial charge in [-0.25, -0.2) is 0 Å². The molecule has 4 heteroatoms. The summed E-state index contributed by atoms with van der Waals surface area (Å²) in [6.07, 6.45) is 3.44. The molecule has 104 valence electrons. The van der Waals surface area contributed by atoms with Gasteiger partial charge >= 0.3 is 0 Å². The third-order valence-corrected chi connectivity index (χ3v) is 3.99. The zero-order valence-electron chi connectivity index (χ0n) is 11.6. The zero-order chi connectivity index (χ0) is 14.1. The molecule has 1 aliphatic rings.